The second-order valence-electron chi connectivity index (χ2n) is 9.56. The first kappa shape index (κ1) is 22.1. The minimum absolute atomic E-state index is 0.251. The van der Waals surface area contributed by atoms with Gasteiger partial charge in [0.15, 0.2) is 0 Å². The minimum atomic E-state index is -0.262. The van der Waals surface area contributed by atoms with Gasteiger partial charge < -0.3 is 14.8 Å². The summed E-state index contributed by atoms with van der Waals surface area (Å²) in [7, 11) is 2.00. The van der Waals surface area contributed by atoms with Gasteiger partial charge in [0, 0.05) is 43.2 Å². The number of nitrogens with zero attached hydrogens (tertiary/aromatic N) is 4. The topological polar surface area (TPSA) is 91.0 Å². The third-order valence-corrected chi connectivity index (χ3v) is 7.48. The zero-order valence-electron chi connectivity index (χ0n) is 19.7. The maximum atomic E-state index is 12.9. The molecule has 0 bridgehead atoms. The molecule has 2 aliphatic rings. The van der Waals surface area contributed by atoms with Crippen molar-refractivity contribution >= 4 is 28.5 Å². The van der Waals surface area contributed by atoms with E-state index in [1.807, 2.05) is 18.5 Å². The predicted octanol–water partition coefficient (Wildman–Crippen LogP) is 4.51. The molecule has 34 heavy (non-hydrogen) atoms. The van der Waals surface area contributed by atoms with Gasteiger partial charge in [0.05, 0.1) is 23.5 Å². The molecule has 0 spiro atoms. The molecule has 1 aliphatic heterocycles. The van der Waals surface area contributed by atoms with Crippen LogP contribution in [0.2, 0.25) is 0 Å². The molecule has 1 saturated heterocycles. The van der Waals surface area contributed by atoms with Crippen molar-refractivity contribution in [1.82, 2.24) is 14.5 Å². The lowest BCUT2D eigenvalue weighted by molar-refractivity contribution is -0.139. The molecule has 2 amide bonds. The molecule has 3 heterocycles. The van der Waals surface area contributed by atoms with E-state index in [4.69, 9.17) is 5.26 Å². The first-order valence-electron chi connectivity index (χ1n) is 12.0. The monoisotopic (exact) mass is 455 g/mol. The summed E-state index contributed by atoms with van der Waals surface area (Å²) in [6.07, 6.45) is 9.00. The molecule has 7 heteroatoms. The number of likely N-dealkylation sites (tertiary alicyclic amines) is 1. The van der Waals surface area contributed by atoms with Crippen LogP contribution in [0.5, 0.6) is 0 Å². The Labute approximate surface area is 199 Å². The van der Waals surface area contributed by atoms with Crippen LogP contribution in [0.4, 0.5) is 5.69 Å². The zero-order chi connectivity index (χ0) is 23.8. The summed E-state index contributed by atoms with van der Waals surface area (Å²) in [5, 5.41) is 13.2. The van der Waals surface area contributed by atoms with Crippen molar-refractivity contribution in [3.8, 4) is 6.07 Å². The Morgan fingerprint density at radius 3 is 2.62 bits per heavy atom. The van der Waals surface area contributed by atoms with Crippen molar-refractivity contribution in [1.29, 1.82) is 5.26 Å². The van der Waals surface area contributed by atoms with Crippen LogP contribution in [0.15, 0.2) is 36.7 Å². The number of amides is 2. The molecule has 5 rings (SSSR count). The number of nitrogens with one attached hydrogen (secondary N) is 1. The Kier molecular flexibility index (Phi) is 5.82. The number of fused-ring (bicyclic) bond motifs is 1. The maximum absolute atomic E-state index is 12.9. The van der Waals surface area contributed by atoms with Crippen LogP contribution >= 0.6 is 0 Å². The molecular formula is C27H29N5O2. The SMILES string of the molecule is Cc1c(NC(=O)c2cccc(C#N)c2)cnc2c1c(C1CCN(C(=O)C3CCC3)CC1)cn2C. The van der Waals surface area contributed by atoms with Crippen molar-refractivity contribution < 1.29 is 9.59 Å². The van der Waals surface area contributed by atoms with E-state index in [-0.39, 0.29) is 11.8 Å². The van der Waals surface area contributed by atoms with Gasteiger partial charge in [0.25, 0.3) is 5.91 Å². The Morgan fingerprint density at radius 2 is 1.94 bits per heavy atom. The summed E-state index contributed by atoms with van der Waals surface area (Å²) in [5.41, 5.74) is 4.68. The fourth-order valence-corrected chi connectivity index (χ4v) is 5.22. The van der Waals surface area contributed by atoms with E-state index in [1.54, 1.807) is 30.5 Å². The van der Waals surface area contributed by atoms with E-state index >= 15 is 0 Å². The quantitative estimate of drug-likeness (QED) is 0.627. The second kappa shape index (κ2) is 8.94. The van der Waals surface area contributed by atoms with Gasteiger partial charge in [-0.1, -0.05) is 12.5 Å². The zero-order valence-corrected chi connectivity index (χ0v) is 19.7. The molecule has 1 aliphatic carbocycles. The molecular weight excluding hydrogens is 426 g/mol. The number of hydrogen-bond donors (Lipinski definition) is 1. The average molecular weight is 456 g/mol. The fourth-order valence-electron chi connectivity index (χ4n) is 5.22. The average Bonchev–Trinajstić information content (AvgIpc) is 3.16. The van der Waals surface area contributed by atoms with Crippen molar-refractivity contribution in [3.63, 3.8) is 0 Å². The molecule has 0 radical (unpaired) electrons. The number of rotatable bonds is 4. The van der Waals surface area contributed by atoms with E-state index in [2.05, 4.69) is 27.5 Å². The molecule has 0 unspecified atom stereocenters. The number of aromatic nitrogens is 2. The lowest BCUT2D eigenvalue weighted by atomic mass is 9.83. The number of nitriles is 1. The van der Waals surface area contributed by atoms with Gasteiger partial charge in [0.2, 0.25) is 5.91 Å². The Balaban J connectivity index is 1.38. The van der Waals surface area contributed by atoms with Gasteiger partial charge in [-0.3, -0.25) is 9.59 Å². The highest BCUT2D eigenvalue weighted by molar-refractivity contribution is 6.06. The number of pyridine rings is 1. The summed E-state index contributed by atoms with van der Waals surface area (Å²) >= 11 is 0. The molecule has 1 saturated carbocycles. The van der Waals surface area contributed by atoms with E-state index in [9.17, 15) is 9.59 Å². The van der Waals surface area contributed by atoms with Crippen LogP contribution in [-0.2, 0) is 11.8 Å². The first-order chi connectivity index (χ1) is 16.5. The number of hydrogen-bond acceptors (Lipinski definition) is 4. The smallest absolute Gasteiger partial charge is 0.255 e. The third kappa shape index (κ3) is 3.94. The van der Waals surface area contributed by atoms with Crippen LogP contribution in [0.1, 0.15) is 65.1 Å². The normalized spacial score (nSPS) is 16.8. The van der Waals surface area contributed by atoms with Crippen LogP contribution in [0, 0.1) is 24.2 Å². The fraction of sp³-hybridized carbons (Fsp3) is 0.407. The predicted molar refractivity (Wildman–Crippen MR) is 130 cm³/mol. The number of piperidine rings is 1. The lowest BCUT2D eigenvalue weighted by Crippen LogP contribution is -2.43. The number of carbonyl (C=O) groups is 2. The van der Waals surface area contributed by atoms with Gasteiger partial charge in [-0.15, -0.1) is 0 Å². The van der Waals surface area contributed by atoms with Crippen LogP contribution in [0.25, 0.3) is 11.0 Å². The summed E-state index contributed by atoms with van der Waals surface area (Å²) in [6, 6.07) is 8.74. The van der Waals surface area contributed by atoms with Gasteiger partial charge >= 0.3 is 0 Å². The Hall–Kier alpha value is -3.66. The van der Waals surface area contributed by atoms with Crippen molar-refractivity contribution in [2.75, 3.05) is 18.4 Å². The van der Waals surface area contributed by atoms with Gasteiger partial charge in [0.1, 0.15) is 5.65 Å². The molecule has 2 fully saturated rings. The Bertz CT molecular complexity index is 1310. The van der Waals surface area contributed by atoms with Crippen molar-refractivity contribution in [2.45, 2.75) is 44.9 Å². The molecule has 7 nitrogen and oxygen atoms in total. The molecule has 0 atom stereocenters. The standard InChI is InChI=1S/C27H29N5O2/c1-17-23(30-26(33)21-8-3-5-18(13-21)14-28)15-29-25-24(17)22(16-31(25)2)19-9-11-32(12-10-19)27(34)20-6-4-7-20/h3,5,8,13,15-16,19-20H,4,6-7,9-12H2,1-2H3,(H,30,33). The van der Waals surface area contributed by atoms with Crippen LogP contribution < -0.4 is 5.32 Å². The molecule has 3 aromatic rings. The summed E-state index contributed by atoms with van der Waals surface area (Å²) in [4.78, 5) is 32.2. The molecule has 174 valence electrons. The van der Waals surface area contributed by atoms with E-state index in [0.717, 1.165) is 55.4 Å². The van der Waals surface area contributed by atoms with E-state index < -0.39 is 0 Å². The summed E-state index contributed by atoms with van der Waals surface area (Å²) in [5.74, 6) is 0.682. The lowest BCUT2D eigenvalue weighted by Gasteiger charge is -2.36. The van der Waals surface area contributed by atoms with Gasteiger partial charge in [-0.25, -0.2) is 4.98 Å². The largest absolute Gasteiger partial charge is 0.342 e. The number of carbonyl (C=O) groups excluding carboxylic acids is 2. The minimum Gasteiger partial charge on any atom is -0.342 e. The van der Waals surface area contributed by atoms with E-state index in [0.29, 0.717) is 28.6 Å². The van der Waals surface area contributed by atoms with Crippen molar-refractivity contribution in [2.24, 2.45) is 13.0 Å². The number of anilines is 1. The molecule has 1 N–H and O–H groups in total. The van der Waals surface area contributed by atoms with Gasteiger partial charge in [-0.2, -0.15) is 5.26 Å². The highest BCUT2D eigenvalue weighted by atomic mass is 16.2. The number of aryl methyl sites for hydroxylation is 2. The third-order valence-electron chi connectivity index (χ3n) is 7.48. The molecule has 2 aromatic heterocycles. The van der Waals surface area contributed by atoms with Gasteiger partial charge in [-0.05, 0) is 67.9 Å². The second-order valence-corrected chi connectivity index (χ2v) is 9.56. The maximum Gasteiger partial charge on any atom is 0.255 e. The van der Waals surface area contributed by atoms with Crippen molar-refractivity contribution in [3.05, 3.63) is 58.9 Å². The highest BCUT2D eigenvalue weighted by Gasteiger charge is 2.33. The van der Waals surface area contributed by atoms with E-state index in [1.165, 1.54) is 12.0 Å². The molecule has 1 aromatic carbocycles. The number of benzene rings is 1. The summed E-state index contributed by atoms with van der Waals surface area (Å²) in [6.45, 7) is 3.62. The first-order valence-corrected chi connectivity index (χ1v) is 12.0. The van der Waals surface area contributed by atoms with Crippen LogP contribution in [-0.4, -0.2) is 39.4 Å². The van der Waals surface area contributed by atoms with Crippen LogP contribution in [0.3, 0.4) is 0 Å². The Morgan fingerprint density at radius 1 is 1.18 bits per heavy atom. The highest BCUT2D eigenvalue weighted by Crippen LogP contribution is 2.38. The summed E-state index contributed by atoms with van der Waals surface area (Å²) < 4.78 is 2.05.